The zero-order chi connectivity index (χ0) is 12.5. The number of benzene rings is 1. The molecule has 0 fully saturated rings. The molecular formula is C15H21NO. The van der Waals surface area contributed by atoms with Gasteiger partial charge in [-0.05, 0) is 35.8 Å². The number of hydrogen-bond acceptors (Lipinski definition) is 1. The number of carbonyl (C=O) groups excluding carboxylic acids is 1. The molecule has 1 heterocycles. The van der Waals surface area contributed by atoms with E-state index in [1.54, 1.807) is 0 Å². The third-order valence-corrected chi connectivity index (χ3v) is 3.70. The Hall–Kier alpha value is -1.31. The Bertz CT molecular complexity index is 417. The molecule has 1 aromatic carbocycles. The van der Waals surface area contributed by atoms with Gasteiger partial charge in [-0.25, -0.2) is 0 Å². The third-order valence-electron chi connectivity index (χ3n) is 3.70. The van der Waals surface area contributed by atoms with Gasteiger partial charge in [0.25, 0.3) is 0 Å². The predicted octanol–water partition coefficient (Wildman–Crippen LogP) is 3.62. The van der Waals surface area contributed by atoms with Crippen LogP contribution < -0.4 is 5.32 Å². The summed E-state index contributed by atoms with van der Waals surface area (Å²) in [6.45, 7) is 6.79. The molecular weight excluding hydrogens is 210 g/mol. The quantitative estimate of drug-likeness (QED) is 0.726. The Balaban J connectivity index is 2.32. The average Bonchev–Trinajstić information content (AvgIpc) is 2.21. The van der Waals surface area contributed by atoms with Gasteiger partial charge in [-0.15, -0.1) is 0 Å². The maximum Gasteiger partial charge on any atom is 0.224 e. The highest BCUT2D eigenvalue weighted by molar-refractivity contribution is 5.91. The van der Waals surface area contributed by atoms with Gasteiger partial charge in [-0.1, -0.05) is 39.0 Å². The lowest BCUT2D eigenvalue weighted by Crippen LogP contribution is -2.27. The highest BCUT2D eigenvalue weighted by Gasteiger charge is 2.27. The Morgan fingerprint density at radius 2 is 1.94 bits per heavy atom. The highest BCUT2D eigenvalue weighted by Crippen LogP contribution is 2.35. The van der Waals surface area contributed by atoms with Crippen molar-refractivity contribution in [3.63, 3.8) is 0 Å². The van der Waals surface area contributed by atoms with E-state index in [1.165, 1.54) is 5.56 Å². The predicted molar refractivity (Wildman–Crippen MR) is 71.0 cm³/mol. The van der Waals surface area contributed by atoms with Crippen molar-refractivity contribution >= 4 is 11.6 Å². The Labute approximate surface area is 103 Å². The van der Waals surface area contributed by atoms with Crippen LogP contribution >= 0.6 is 0 Å². The van der Waals surface area contributed by atoms with Crippen molar-refractivity contribution in [1.29, 1.82) is 0 Å². The van der Waals surface area contributed by atoms with E-state index in [-0.39, 0.29) is 11.3 Å². The van der Waals surface area contributed by atoms with Gasteiger partial charge in [0.1, 0.15) is 0 Å². The standard InChI is InChI=1S/C15H21NO/c1-15(2,3)12-8-9-14(17)16-13-7-5-4-6-11(13)10-12/h4-7,12H,8-10H2,1-3H3,(H,16,17). The fraction of sp³-hybridized carbons (Fsp3) is 0.533. The second-order valence-electron chi connectivity index (χ2n) is 6.01. The van der Waals surface area contributed by atoms with Crippen molar-refractivity contribution in [2.24, 2.45) is 11.3 Å². The van der Waals surface area contributed by atoms with E-state index in [1.807, 2.05) is 18.2 Å². The SMILES string of the molecule is CC(C)(C)C1CCC(=O)Nc2ccccc2C1. The Morgan fingerprint density at radius 3 is 2.65 bits per heavy atom. The smallest absolute Gasteiger partial charge is 0.224 e. The van der Waals surface area contributed by atoms with Crippen molar-refractivity contribution < 1.29 is 4.79 Å². The van der Waals surface area contributed by atoms with Crippen LogP contribution in [0.2, 0.25) is 0 Å². The lowest BCUT2D eigenvalue weighted by Gasteiger charge is -2.32. The Kier molecular flexibility index (Phi) is 3.23. The zero-order valence-corrected chi connectivity index (χ0v) is 10.9. The third kappa shape index (κ3) is 2.87. The lowest BCUT2D eigenvalue weighted by atomic mass is 9.74. The number of fused-ring (bicyclic) bond motifs is 1. The molecule has 0 bridgehead atoms. The van der Waals surface area contributed by atoms with Crippen LogP contribution in [0.15, 0.2) is 24.3 Å². The van der Waals surface area contributed by atoms with E-state index in [9.17, 15) is 4.79 Å². The summed E-state index contributed by atoms with van der Waals surface area (Å²) < 4.78 is 0. The van der Waals surface area contributed by atoms with Crippen molar-refractivity contribution in [3.05, 3.63) is 29.8 Å². The van der Waals surface area contributed by atoms with Crippen LogP contribution in [0.4, 0.5) is 5.69 Å². The zero-order valence-electron chi connectivity index (χ0n) is 10.9. The monoisotopic (exact) mass is 231 g/mol. The highest BCUT2D eigenvalue weighted by atomic mass is 16.1. The molecule has 1 aromatic rings. The second kappa shape index (κ2) is 4.52. The van der Waals surface area contributed by atoms with Crippen LogP contribution in [0.3, 0.4) is 0 Å². The van der Waals surface area contributed by atoms with Gasteiger partial charge in [0.15, 0.2) is 0 Å². The van der Waals surface area contributed by atoms with E-state index in [4.69, 9.17) is 0 Å². The van der Waals surface area contributed by atoms with Crippen LogP contribution in [0.5, 0.6) is 0 Å². The number of amides is 1. The second-order valence-corrected chi connectivity index (χ2v) is 6.01. The lowest BCUT2D eigenvalue weighted by molar-refractivity contribution is -0.116. The number of para-hydroxylation sites is 1. The maximum absolute atomic E-state index is 11.8. The molecule has 1 aliphatic heterocycles. The molecule has 0 saturated carbocycles. The number of nitrogens with one attached hydrogen (secondary N) is 1. The largest absolute Gasteiger partial charge is 0.326 e. The van der Waals surface area contributed by atoms with Gasteiger partial charge in [-0.3, -0.25) is 4.79 Å². The van der Waals surface area contributed by atoms with E-state index >= 15 is 0 Å². The minimum Gasteiger partial charge on any atom is -0.326 e. The average molecular weight is 231 g/mol. The molecule has 1 aliphatic rings. The van der Waals surface area contributed by atoms with Crippen LogP contribution in [0.25, 0.3) is 0 Å². The molecule has 2 heteroatoms. The van der Waals surface area contributed by atoms with Gasteiger partial charge in [0.2, 0.25) is 5.91 Å². The summed E-state index contributed by atoms with van der Waals surface area (Å²) in [6.07, 6.45) is 2.67. The fourth-order valence-corrected chi connectivity index (χ4v) is 2.44. The van der Waals surface area contributed by atoms with Gasteiger partial charge in [-0.2, -0.15) is 0 Å². The molecule has 92 valence electrons. The molecule has 0 radical (unpaired) electrons. The molecule has 1 unspecified atom stereocenters. The molecule has 0 spiro atoms. The van der Waals surface area contributed by atoms with Crippen LogP contribution in [-0.4, -0.2) is 5.91 Å². The van der Waals surface area contributed by atoms with Gasteiger partial charge in [0.05, 0.1) is 0 Å². The first-order chi connectivity index (χ1) is 7.97. The van der Waals surface area contributed by atoms with Crippen molar-refractivity contribution in [2.75, 3.05) is 5.32 Å². The summed E-state index contributed by atoms with van der Waals surface area (Å²) in [6, 6.07) is 8.15. The van der Waals surface area contributed by atoms with E-state index < -0.39 is 0 Å². The summed E-state index contributed by atoms with van der Waals surface area (Å²) in [7, 11) is 0. The van der Waals surface area contributed by atoms with E-state index in [0.29, 0.717) is 12.3 Å². The molecule has 17 heavy (non-hydrogen) atoms. The number of hydrogen-bond donors (Lipinski definition) is 1. The number of carbonyl (C=O) groups is 1. The summed E-state index contributed by atoms with van der Waals surface area (Å²) in [5.74, 6) is 0.709. The molecule has 0 aliphatic carbocycles. The summed E-state index contributed by atoms with van der Waals surface area (Å²) >= 11 is 0. The van der Waals surface area contributed by atoms with Gasteiger partial charge >= 0.3 is 0 Å². The van der Waals surface area contributed by atoms with Crippen molar-refractivity contribution in [1.82, 2.24) is 0 Å². The molecule has 2 rings (SSSR count). The minimum atomic E-state index is 0.145. The molecule has 0 saturated heterocycles. The first-order valence-electron chi connectivity index (χ1n) is 6.34. The maximum atomic E-state index is 11.8. The Morgan fingerprint density at radius 1 is 1.24 bits per heavy atom. The minimum absolute atomic E-state index is 0.145. The topological polar surface area (TPSA) is 29.1 Å². The first-order valence-corrected chi connectivity index (χ1v) is 6.34. The number of rotatable bonds is 0. The van der Waals surface area contributed by atoms with Crippen LogP contribution in [-0.2, 0) is 11.2 Å². The molecule has 0 aromatic heterocycles. The molecule has 2 nitrogen and oxygen atoms in total. The molecule has 1 N–H and O–H groups in total. The van der Waals surface area contributed by atoms with Crippen LogP contribution in [0, 0.1) is 11.3 Å². The molecule has 1 amide bonds. The van der Waals surface area contributed by atoms with E-state index in [0.717, 1.165) is 18.5 Å². The summed E-state index contributed by atoms with van der Waals surface area (Å²) in [5.41, 5.74) is 2.51. The molecule has 1 atom stereocenters. The van der Waals surface area contributed by atoms with Crippen molar-refractivity contribution in [3.8, 4) is 0 Å². The van der Waals surface area contributed by atoms with Gasteiger partial charge < -0.3 is 5.32 Å². The normalized spacial score (nSPS) is 21.1. The summed E-state index contributed by atoms with van der Waals surface area (Å²) in [5, 5.41) is 3.00. The first kappa shape index (κ1) is 12.2. The van der Waals surface area contributed by atoms with Crippen LogP contribution in [0.1, 0.15) is 39.2 Å². The van der Waals surface area contributed by atoms with Gasteiger partial charge in [0, 0.05) is 12.1 Å². The summed E-state index contributed by atoms with van der Waals surface area (Å²) in [4.78, 5) is 11.8. The van der Waals surface area contributed by atoms with E-state index in [2.05, 4.69) is 32.2 Å². The van der Waals surface area contributed by atoms with Crippen molar-refractivity contribution in [2.45, 2.75) is 40.0 Å². The fourth-order valence-electron chi connectivity index (χ4n) is 2.44. The number of anilines is 1.